The van der Waals surface area contributed by atoms with Crippen LogP contribution in [-0.2, 0) is 23.3 Å². The van der Waals surface area contributed by atoms with Crippen molar-refractivity contribution >= 4 is 11.3 Å². The lowest BCUT2D eigenvalue weighted by Crippen LogP contribution is -2.45. The van der Waals surface area contributed by atoms with Gasteiger partial charge in [0, 0.05) is 30.7 Å². The van der Waals surface area contributed by atoms with Gasteiger partial charge in [-0.25, -0.2) is 0 Å². The number of thiophene rings is 1. The number of nitrogens with zero attached hydrogens (tertiary/aromatic N) is 2. The van der Waals surface area contributed by atoms with Gasteiger partial charge in [-0.15, -0.1) is 11.3 Å². The van der Waals surface area contributed by atoms with Gasteiger partial charge in [0.1, 0.15) is 5.60 Å². The Morgan fingerprint density at radius 1 is 0.848 bits per heavy atom. The molecule has 0 N–H and O–H groups in total. The number of likely N-dealkylation sites (tertiary alicyclic amines) is 1. The van der Waals surface area contributed by atoms with Crippen LogP contribution in [0.2, 0.25) is 0 Å². The maximum absolute atomic E-state index is 6.38. The van der Waals surface area contributed by atoms with Gasteiger partial charge in [0.25, 0.3) is 0 Å². The third-order valence-electron chi connectivity index (χ3n) is 7.10. The lowest BCUT2D eigenvalue weighted by Gasteiger charge is -2.43. The summed E-state index contributed by atoms with van der Waals surface area (Å²) in [7, 11) is 0. The number of rotatable bonds is 4. The van der Waals surface area contributed by atoms with Gasteiger partial charge in [0.2, 0.25) is 0 Å². The Morgan fingerprint density at radius 2 is 1.58 bits per heavy atom. The Hall–Kier alpha value is -2.79. The van der Waals surface area contributed by atoms with E-state index in [2.05, 4.69) is 88.1 Å². The molecule has 0 atom stereocenters. The highest BCUT2D eigenvalue weighted by Crippen LogP contribution is 2.44. The second-order valence-corrected chi connectivity index (χ2v) is 10.0. The van der Waals surface area contributed by atoms with E-state index in [1.54, 1.807) is 0 Å². The van der Waals surface area contributed by atoms with Crippen LogP contribution in [0, 0.1) is 0 Å². The molecule has 166 valence electrons. The van der Waals surface area contributed by atoms with E-state index in [1.165, 1.54) is 32.7 Å². The number of pyridine rings is 1. The van der Waals surface area contributed by atoms with Gasteiger partial charge >= 0.3 is 0 Å². The van der Waals surface area contributed by atoms with Crippen molar-refractivity contribution < 1.29 is 4.74 Å². The largest absolute Gasteiger partial charge is 0.369 e. The summed E-state index contributed by atoms with van der Waals surface area (Å²) in [6.07, 6.45) is 5.15. The number of ether oxygens (including phenoxy) is 1. The first-order valence-electron chi connectivity index (χ1n) is 11.8. The summed E-state index contributed by atoms with van der Waals surface area (Å²) in [5, 5.41) is 2.23. The van der Waals surface area contributed by atoms with Gasteiger partial charge in [-0.1, -0.05) is 54.6 Å². The minimum Gasteiger partial charge on any atom is -0.369 e. The SMILES string of the molecule is c1ccc(-c2ccc(-c3ccnc(CN4CCC5(CC4)OCCc4ccsc45)c3)cc2)cc1. The molecule has 1 fully saturated rings. The average molecular weight is 453 g/mol. The molecule has 33 heavy (non-hydrogen) atoms. The molecule has 0 aliphatic carbocycles. The molecular weight excluding hydrogens is 424 g/mol. The van der Waals surface area contributed by atoms with E-state index < -0.39 is 0 Å². The van der Waals surface area contributed by atoms with Gasteiger partial charge in [-0.2, -0.15) is 0 Å². The predicted octanol–water partition coefficient (Wildman–Crippen LogP) is 6.54. The fourth-order valence-corrected chi connectivity index (χ4v) is 6.42. The fourth-order valence-electron chi connectivity index (χ4n) is 5.26. The lowest BCUT2D eigenvalue weighted by atomic mass is 9.85. The van der Waals surface area contributed by atoms with Crippen LogP contribution in [0.1, 0.15) is 29.0 Å². The Balaban J connectivity index is 1.14. The summed E-state index contributed by atoms with van der Waals surface area (Å²) in [6, 6.07) is 26.0. The van der Waals surface area contributed by atoms with Crippen LogP contribution in [-0.4, -0.2) is 29.6 Å². The number of aromatic nitrogens is 1. The maximum atomic E-state index is 6.38. The molecule has 4 aromatic rings. The Bertz CT molecular complexity index is 1220. The van der Waals surface area contributed by atoms with Crippen molar-refractivity contribution in [1.82, 2.24) is 9.88 Å². The average Bonchev–Trinajstić information content (AvgIpc) is 3.37. The van der Waals surface area contributed by atoms with Crippen LogP contribution in [0.5, 0.6) is 0 Å². The first-order valence-corrected chi connectivity index (χ1v) is 12.7. The molecule has 4 heteroatoms. The first-order chi connectivity index (χ1) is 16.3. The van der Waals surface area contributed by atoms with Crippen LogP contribution in [0.15, 0.2) is 84.4 Å². The quantitative estimate of drug-likeness (QED) is 0.351. The zero-order valence-electron chi connectivity index (χ0n) is 18.7. The summed E-state index contributed by atoms with van der Waals surface area (Å²) in [5.74, 6) is 0. The molecule has 6 rings (SSSR count). The molecule has 0 unspecified atom stereocenters. The monoisotopic (exact) mass is 452 g/mol. The molecule has 0 bridgehead atoms. The van der Waals surface area contributed by atoms with E-state index in [-0.39, 0.29) is 5.60 Å². The van der Waals surface area contributed by atoms with Gasteiger partial charge in [-0.05, 0) is 70.7 Å². The number of benzene rings is 2. The molecule has 1 spiro atoms. The molecule has 2 aliphatic rings. The van der Waals surface area contributed by atoms with Crippen molar-refractivity contribution in [2.45, 2.75) is 31.4 Å². The summed E-state index contributed by atoms with van der Waals surface area (Å²) < 4.78 is 6.38. The van der Waals surface area contributed by atoms with Crippen LogP contribution >= 0.6 is 11.3 Å². The van der Waals surface area contributed by atoms with Crippen molar-refractivity contribution in [1.29, 1.82) is 0 Å². The predicted molar refractivity (Wildman–Crippen MR) is 135 cm³/mol. The Morgan fingerprint density at radius 3 is 2.36 bits per heavy atom. The third-order valence-corrected chi connectivity index (χ3v) is 8.24. The van der Waals surface area contributed by atoms with Crippen LogP contribution in [0.3, 0.4) is 0 Å². The summed E-state index contributed by atoms with van der Waals surface area (Å²) >= 11 is 1.88. The molecular formula is C29H28N2OS. The number of fused-ring (bicyclic) bond motifs is 2. The molecule has 2 aromatic carbocycles. The standard InChI is InChI=1S/C29H28N2OS/c1-2-4-22(5-3-1)23-6-8-24(9-7-23)26-10-15-30-27(20-26)21-31-16-13-29(14-17-31)28-25(11-18-32-29)12-19-33-28/h1-10,12,15,19-20H,11,13-14,16-18,21H2. The van der Waals surface area contributed by atoms with Crippen molar-refractivity contribution in [3.8, 4) is 22.3 Å². The Kier molecular flexibility index (Phi) is 5.58. The minimum absolute atomic E-state index is 0.0476. The van der Waals surface area contributed by atoms with Gasteiger partial charge in [0.15, 0.2) is 0 Å². The van der Waals surface area contributed by atoms with Gasteiger partial charge < -0.3 is 4.74 Å². The second kappa shape index (κ2) is 8.86. The minimum atomic E-state index is -0.0476. The lowest BCUT2D eigenvalue weighted by molar-refractivity contribution is -0.0961. The van der Waals surface area contributed by atoms with Crippen molar-refractivity contribution in [2.75, 3.05) is 19.7 Å². The maximum Gasteiger partial charge on any atom is 0.105 e. The molecule has 1 saturated heterocycles. The van der Waals surface area contributed by atoms with Gasteiger partial charge in [0.05, 0.1) is 12.3 Å². The van der Waals surface area contributed by atoms with Crippen molar-refractivity contribution in [3.05, 3.63) is 101 Å². The molecule has 0 amide bonds. The second-order valence-electron chi connectivity index (χ2n) is 9.12. The zero-order chi connectivity index (χ0) is 22.1. The number of piperidine rings is 1. The fraction of sp³-hybridized carbons (Fsp3) is 0.276. The molecule has 0 radical (unpaired) electrons. The molecule has 3 nitrogen and oxygen atoms in total. The number of hydrogen-bond donors (Lipinski definition) is 0. The third kappa shape index (κ3) is 4.15. The molecule has 2 aliphatic heterocycles. The summed E-state index contributed by atoms with van der Waals surface area (Å²) in [6.45, 7) is 3.85. The Labute approximate surface area is 199 Å². The van der Waals surface area contributed by atoms with Crippen LogP contribution in [0.25, 0.3) is 22.3 Å². The van der Waals surface area contributed by atoms with E-state index in [9.17, 15) is 0 Å². The van der Waals surface area contributed by atoms with Crippen molar-refractivity contribution in [3.63, 3.8) is 0 Å². The normalized spacial score (nSPS) is 17.7. The highest BCUT2D eigenvalue weighted by atomic mass is 32.1. The van der Waals surface area contributed by atoms with E-state index >= 15 is 0 Å². The van der Waals surface area contributed by atoms with E-state index in [4.69, 9.17) is 4.74 Å². The van der Waals surface area contributed by atoms with Crippen LogP contribution in [0.4, 0.5) is 0 Å². The van der Waals surface area contributed by atoms with Crippen LogP contribution < -0.4 is 0 Å². The molecule has 0 saturated carbocycles. The van der Waals surface area contributed by atoms with Crippen molar-refractivity contribution in [2.24, 2.45) is 0 Å². The van der Waals surface area contributed by atoms with E-state index in [0.29, 0.717) is 0 Å². The van der Waals surface area contributed by atoms with E-state index in [0.717, 1.165) is 51.2 Å². The highest BCUT2D eigenvalue weighted by molar-refractivity contribution is 7.10. The first kappa shape index (κ1) is 20.8. The summed E-state index contributed by atoms with van der Waals surface area (Å²) in [5.41, 5.74) is 7.55. The zero-order valence-corrected chi connectivity index (χ0v) is 19.6. The summed E-state index contributed by atoms with van der Waals surface area (Å²) in [4.78, 5) is 8.69. The molecule has 4 heterocycles. The van der Waals surface area contributed by atoms with E-state index in [1.807, 2.05) is 17.5 Å². The highest BCUT2D eigenvalue weighted by Gasteiger charge is 2.41. The topological polar surface area (TPSA) is 25.4 Å². The van der Waals surface area contributed by atoms with Gasteiger partial charge in [-0.3, -0.25) is 9.88 Å². The smallest absolute Gasteiger partial charge is 0.105 e. The number of hydrogen-bond acceptors (Lipinski definition) is 4. The molecule has 2 aromatic heterocycles.